The molecule has 0 bridgehead atoms. The van der Waals surface area contributed by atoms with E-state index in [4.69, 9.17) is 10.5 Å². The van der Waals surface area contributed by atoms with Gasteiger partial charge in [-0.15, -0.1) is 5.10 Å². The molecule has 1 fully saturated rings. The quantitative estimate of drug-likeness (QED) is 0.471. The van der Waals surface area contributed by atoms with Crippen LogP contribution >= 0.6 is 0 Å². The second kappa shape index (κ2) is 8.22. The van der Waals surface area contributed by atoms with Crippen LogP contribution in [0.3, 0.4) is 0 Å². The highest BCUT2D eigenvalue weighted by Gasteiger charge is 2.40. The van der Waals surface area contributed by atoms with E-state index in [2.05, 4.69) is 14.8 Å². The molecule has 12 heteroatoms. The molecule has 1 aliphatic carbocycles. The molecule has 11 nitrogen and oxygen atoms in total. The SMILES string of the molecule is CCOC(=O)c1c(N)nn2ccc(-c3cc4c(c(NS(C)(=O)=O)c3)C(=O)N([C@@H](C)C3CC3)C4)nc12. The van der Waals surface area contributed by atoms with Crippen molar-refractivity contribution in [3.05, 3.63) is 41.1 Å². The first-order chi connectivity index (χ1) is 16.6. The Labute approximate surface area is 202 Å². The number of hydrogen-bond donors (Lipinski definition) is 2. The predicted octanol–water partition coefficient (Wildman–Crippen LogP) is 2.28. The maximum absolute atomic E-state index is 13.3. The van der Waals surface area contributed by atoms with Crippen LogP contribution in [0.25, 0.3) is 16.9 Å². The molecule has 0 radical (unpaired) electrons. The van der Waals surface area contributed by atoms with Crippen LogP contribution in [-0.2, 0) is 21.3 Å². The molecule has 3 N–H and O–H groups in total. The van der Waals surface area contributed by atoms with E-state index in [-0.39, 0.29) is 41.3 Å². The Bertz CT molecular complexity index is 1480. The Hall–Kier alpha value is -3.67. The number of rotatable bonds is 7. The van der Waals surface area contributed by atoms with Gasteiger partial charge < -0.3 is 15.4 Å². The van der Waals surface area contributed by atoms with Gasteiger partial charge in [0.15, 0.2) is 11.5 Å². The van der Waals surface area contributed by atoms with Crippen molar-refractivity contribution in [1.82, 2.24) is 19.5 Å². The van der Waals surface area contributed by atoms with Crippen molar-refractivity contribution in [1.29, 1.82) is 0 Å². The minimum Gasteiger partial charge on any atom is -0.462 e. The number of nitrogens with two attached hydrogens (primary N) is 1. The van der Waals surface area contributed by atoms with Gasteiger partial charge in [0.1, 0.15) is 5.56 Å². The zero-order valence-corrected chi connectivity index (χ0v) is 20.4. The molecule has 1 aliphatic heterocycles. The topological polar surface area (TPSA) is 149 Å². The maximum atomic E-state index is 13.3. The lowest BCUT2D eigenvalue weighted by Gasteiger charge is -2.24. The monoisotopic (exact) mass is 498 g/mol. The highest BCUT2D eigenvalue weighted by atomic mass is 32.2. The van der Waals surface area contributed by atoms with Crippen LogP contribution in [0.5, 0.6) is 0 Å². The summed E-state index contributed by atoms with van der Waals surface area (Å²) in [6.45, 7) is 4.27. The Balaban J connectivity index is 1.62. The van der Waals surface area contributed by atoms with Crippen molar-refractivity contribution in [2.45, 2.75) is 39.3 Å². The van der Waals surface area contributed by atoms with E-state index < -0.39 is 16.0 Å². The van der Waals surface area contributed by atoms with E-state index in [0.717, 1.165) is 19.1 Å². The lowest BCUT2D eigenvalue weighted by molar-refractivity contribution is 0.0529. The fourth-order valence-electron chi connectivity index (χ4n) is 4.57. The number of nitrogens with one attached hydrogen (secondary N) is 1. The number of carbonyl (C=O) groups is 2. The minimum absolute atomic E-state index is 0.00297. The predicted molar refractivity (Wildman–Crippen MR) is 129 cm³/mol. The van der Waals surface area contributed by atoms with E-state index in [9.17, 15) is 18.0 Å². The van der Waals surface area contributed by atoms with Gasteiger partial charge in [-0.25, -0.2) is 22.7 Å². The number of hydrogen-bond acceptors (Lipinski definition) is 8. The fourth-order valence-corrected chi connectivity index (χ4v) is 5.14. The summed E-state index contributed by atoms with van der Waals surface area (Å²) in [4.78, 5) is 32.1. The average molecular weight is 499 g/mol. The van der Waals surface area contributed by atoms with Crippen LogP contribution in [0.2, 0.25) is 0 Å². The first-order valence-corrected chi connectivity index (χ1v) is 13.2. The highest BCUT2D eigenvalue weighted by Crippen LogP contribution is 2.41. The normalized spacial score (nSPS) is 16.4. The molecule has 2 aliphatic rings. The Morgan fingerprint density at radius 2 is 2.09 bits per heavy atom. The van der Waals surface area contributed by atoms with Crippen LogP contribution in [-0.4, -0.2) is 58.7 Å². The van der Waals surface area contributed by atoms with Crippen molar-refractivity contribution in [3.63, 3.8) is 0 Å². The second-order valence-corrected chi connectivity index (χ2v) is 10.8. The van der Waals surface area contributed by atoms with Crippen LogP contribution in [0.15, 0.2) is 24.4 Å². The Kier molecular flexibility index (Phi) is 5.42. The molecular formula is C23H26N6O5S. The van der Waals surface area contributed by atoms with Crippen molar-refractivity contribution >= 4 is 39.1 Å². The van der Waals surface area contributed by atoms with Crippen molar-refractivity contribution in [2.75, 3.05) is 23.3 Å². The second-order valence-electron chi connectivity index (χ2n) is 9.00. The number of sulfonamides is 1. The summed E-state index contributed by atoms with van der Waals surface area (Å²) in [6, 6.07) is 5.18. The summed E-state index contributed by atoms with van der Waals surface area (Å²) < 4.78 is 33.2. The molecule has 3 heterocycles. The highest BCUT2D eigenvalue weighted by molar-refractivity contribution is 7.92. The molecule has 35 heavy (non-hydrogen) atoms. The summed E-state index contributed by atoms with van der Waals surface area (Å²) in [5, 5.41) is 4.12. The minimum atomic E-state index is -3.65. The van der Waals surface area contributed by atoms with Gasteiger partial charge in [0, 0.05) is 24.3 Å². The summed E-state index contributed by atoms with van der Waals surface area (Å²) in [5.41, 5.74) is 8.53. The van der Waals surface area contributed by atoms with Gasteiger partial charge in [-0.2, -0.15) is 0 Å². The third-order valence-electron chi connectivity index (χ3n) is 6.41. The molecule has 3 aromatic rings. The van der Waals surface area contributed by atoms with E-state index in [1.807, 2.05) is 13.0 Å². The summed E-state index contributed by atoms with van der Waals surface area (Å²) in [6.07, 6.45) is 4.83. The smallest absolute Gasteiger partial charge is 0.345 e. The zero-order valence-electron chi connectivity index (χ0n) is 19.6. The average Bonchev–Trinajstić information content (AvgIpc) is 3.49. The summed E-state index contributed by atoms with van der Waals surface area (Å²) >= 11 is 0. The van der Waals surface area contributed by atoms with Crippen LogP contribution in [0.1, 0.15) is 53.0 Å². The number of nitrogen functional groups attached to an aromatic ring is 1. The lowest BCUT2D eigenvalue weighted by atomic mass is 10.0. The number of fused-ring (bicyclic) bond motifs is 2. The van der Waals surface area contributed by atoms with Crippen LogP contribution < -0.4 is 10.5 Å². The maximum Gasteiger partial charge on any atom is 0.345 e. The number of nitrogens with zero attached hydrogens (tertiary/aromatic N) is 4. The van der Waals surface area contributed by atoms with Gasteiger partial charge in [0.05, 0.1) is 29.8 Å². The van der Waals surface area contributed by atoms with Crippen LogP contribution in [0, 0.1) is 5.92 Å². The lowest BCUT2D eigenvalue weighted by Crippen LogP contribution is -2.34. The van der Waals surface area contributed by atoms with Crippen molar-refractivity contribution < 1.29 is 22.7 Å². The molecule has 5 rings (SSSR count). The molecule has 0 saturated heterocycles. The number of esters is 1. The molecule has 0 spiro atoms. The number of amides is 1. The summed E-state index contributed by atoms with van der Waals surface area (Å²) in [7, 11) is -3.65. The number of carbonyl (C=O) groups excluding carboxylic acids is 2. The standard InChI is InChI=1S/C23H26N6O5S/c1-4-34-23(31)19-20(24)26-29-8-7-16(25-21(19)29)14-9-15-11-28(12(2)13-5-6-13)22(30)18(15)17(10-14)27-35(3,32)33/h7-10,12-13,27H,4-6,11H2,1-3H3,(H2,24,26)/t12-/m0/s1. The van der Waals surface area contributed by atoms with Gasteiger partial charge in [-0.05, 0) is 56.4 Å². The molecule has 1 aromatic carbocycles. The largest absolute Gasteiger partial charge is 0.462 e. The van der Waals surface area contributed by atoms with Gasteiger partial charge in [-0.3, -0.25) is 9.52 Å². The van der Waals surface area contributed by atoms with Gasteiger partial charge in [-0.1, -0.05) is 0 Å². The third kappa shape index (κ3) is 4.18. The van der Waals surface area contributed by atoms with E-state index >= 15 is 0 Å². The number of ether oxygens (including phenoxy) is 1. The van der Waals surface area contributed by atoms with E-state index in [1.165, 1.54) is 4.52 Å². The van der Waals surface area contributed by atoms with Gasteiger partial charge >= 0.3 is 5.97 Å². The van der Waals surface area contributed by atoms with Crippen molar-refractivity contribution in [2.24, 2.45) is 5.92 Å². The first-order valence-electron chi connectivity index (χ1n) is 11.4. The Morgan fingerprint density at radius 1 is 1.34 bits per heavy atom. The number of anilines is 2. The number of aromatic nitrogens is 3. The molecule has 2 aromatic heterocycles. The van der Waals surface area contributed by atoms with E-state index in [0.29, 0.717) is 34.8 Å². The van der Waals surface area contributed by atoms with Crippen molar-refractivity contribution in [3.8, 4) is 11.3 Å². The van der Waals surface area contributed by atoms with E-state index in [1.54, 1.807) is 30.2 Å². The molecule has 0 unspecified atom stereocenters. The molecule has 1 atom stereocenters. The summed E-state index contributed by atoms with van der Waals surface area (Å²) in [5.74, 6) is -0.351. The molecule has 1 amide bonds. The van der Waals surface area contributed by atoms with Gasteiger partial charge in [0.2, 0.25) is 10.0 Å². The van der Waals surface area contributed by atoms with Gasteiger partial charge in [0.25, 0.3) is 5.91 Å². The molecule has 1 saturated carbocycles. The third-order valence-corrected chi connectivity index (χ3v) is 7.00. The Morgan fingerprint density at radius 3 is 2.74 bits per heavy atom. The van der Waals surface area contributed by atoms with Crippen LogP contribution in [0.4, 0.5) is 11.5 Å². The molecule has 184 valence electrons. The first kappa shape index (κ1) is 23.1. The fraction of sp³-hybridized carbons (Fsp3) is 0.391. The zero-order chi connectivity index (χ0) is 25.1. The number of benzene rings is 1. The molecular weight excluding hydrogens is 472 g/mol.